The van der Waals surface area contributed by atoms with Crippen LogP contribution in [0.15, 0.2) is 32.9 Å². The molecule has 3 heterocycles. The van der Waals surface area contributed by atoms with Crippen molar-refractivity contribution in [1.82, 2.24) is 29.0 Å². The van der Waals surface area contributed by atoms with Crippen LogP contribution in [0.3, 0.4) is 0 Å². The maximum Gasteiger partial charge on any atom is 0.244 e. The molecule has 0 fully saturated rings. The van der Waals surface area contributed by atoms with Gasteiger partial charge in [0.05, 0.1) is 10.6 Å². The Morgan fingerprint density at radius 3 is 2.59 bits per heavy atom. The number of hydrogen-bond donors (Lipinski definition) is 0. The van der Waals surface area contributed by atoms with E-state index in [0.717, 1.165) is 0 Å². The molecule has 0 spiro atoms. The topological polar surface area (TPSA) is 106 Å². The smallest absolute Gasteiger partial charge is 0.244 e. The zero-order valence-electron chi connectivity index (χ0n) is 15.7. The standard InChI is InChI=1S/C16H22N6O3S2/c1-5-21(6-2)27(23,24)12-7-8-13-18-19-16(22(13)9-12)26-10-14-17-15(11(3)4)20-25-14/h7-9,11H,5-6,10H2,1-4H3. The predicted molar refractivity (Wildman–Crippen MR) is 101 cm³/mol. The minimum absolute atomic E-state index is 0.189. The van der Waals surface area contributed by atoms with Crippen LogP contribution in [0.1, 0.15) is 45.3 Å². The number of sulfonamides is 1. The van der Waals surface area contributed by atoms with Crippen LogP contribution in [-0.4, -0.2) is 50.6 Å². The fraction of sp³-hybridized carbons (Fsp3) is 0.500. The molecule has 27 heavy (non-hydrogen) atoms. The summed E-state index contributed by atoms with van der Waals surface area (Å²) in [4.78, 5) is 4.54. The van der Waals surface area contributed by atoms with Gasteiger partial charge in [0.1, 0.15) is 0 Å². The van der Waals surface area contributed by atoms with Gasteiger partial charge < -0.3 is 4.52 Å². The molecular weight excluding hydrogens is 388 g/mol. The summed E-state index contributed by atoms with van der Waals surface area (Å²) in [6.45, 7) is 8.44. The van der Waals surface area contributed by atoms with Crippen LogP contribution < -0.4 is 0 Å². The second-order valence-corrected chi connectivity index (χ2v) is 9.04. The number of rotatable bonds is 8. The van der Waals surface area contributed by atoms with E-state index in [9.17, 15) is 8.42 Å². The van der Waals surface area contributed by atoms with Gasteiger partial charge in [0.15, 0.2) is 16.6 Å². The van der Waals surface area contributed by atoms with E-state index in [2.05, 4.69) is 20.3 Å². The molecule has 0 aliphatic heterocycles. The van der Waals surface area contributed by atoms with Gasteiger partial charge in [0.25, 0.3) is 0 Å². The summed E-state index contributed by atoms with van der Waals surface area (Å²) < 4.78 is 33.8. The van der Waals surface area contributed by atoms with Crippen molar-refractivity contribution in [2.24, 2.45) is 0 Å². The third kappa shape index (κ3) is 3.99. The number of hydrogen-bond acceptors (Lipinski definition) is 8. The van der Waals surface area contributed by atoms with E-state index in [1.165, 1.54) is 16.1 Å². The SMILES string of the molecule is CCN(CC)S(=O)(=O)c1ccc2nnc(SCc3nc(C(C)C)no3)n2c1. The number of pyridine rings is 1. The molecule has 0 amide bonds. The van der Waals surface area contributed by atoms with Crippen molar-refractivity contribution in [2.75, 3.05) is 13.1 Å². The van der Waals surface area contributed by atoms with Crippen molar-refractivity contribution in [3.8, 4) is 0 Å². The molecular formula is C16H22N6O3S2. The first-order chi connectivity index (χ1) is 12.9. The van der Waals surface area contributed by atoms with Crippen molar-refractivity contribution in [2.45, 2.75) is 49.4 Å². The van der Waals surface area contributed by atoms with Gasteiger partial charge in [-0.15, -0.1) is 10.2 Å². The first kappa shape index (κ1) is 19.8. The van der Waals surface area contributed by atoms with Crippen LogP contribution in [0.4, 0.5) is 0 Å². The number of fused-ring (bicyclic) bond motifs is 1. The lowest BCUT2D eigenvalue weighted by Gasteiger charge is -2.18. The van der Waals surface area contributed by atoms with Gasteiger partial charge in [0.2, 0.25) is 15.9 Å². The average Bonchev–Trinajstić information content (AvgIpc) is 3.27. The largest absolute Gasteiger partial charge is 0.338 e. The van der Waals surface area contributed by atoms with E-state index in [0.29, 0.717) is 41.4 Å². The van der Waals surface area contributed by atoms with E-state index < -0.39 is 10.0 Å². The van der Waals surface area contributed by atoms with Crippen LogP contribution in [0.25, 0.3) is 5.65 Å². The van der Waals surface area contributed by atoms with Crippen molar-refractivity contribution in [3.63, 3.8) is 0 Å². The molecule has 9 nitrogen and oxygen atoms in total. The van der Waals surface area contributed by atoms with Crippen LogP contribution >= 0.6 is 11.8 Å². The molecule has 0 saturated carbocycles. The Bertz CT molecular complexity index is 1020. The highest BCUT2D eigenvalue weighted by Gasteiger charge is 2.23. The van der Waals surface area contributed by atoms with Crippen molar-refractivity contribution < 1.29 is 12.9 Å². The maximum atomic E-state index is 12.7. The summed E-state index contributed by atoms with van der Waals surface area (Å²) in [5.74, 6) is 1.76. The molecule has 0 aliphatic rings. The van der Waals surface area contributed by atoms with Crippen molar-refractivity contribution in [3.05, 3.63) is 30.0 Å². The van der Waals surface area contributed by atoms with E-state index in [1.807, 2.05) is 27.7 Å². The molecule has 146 valence electrons. The molecule has 3 rings (SSSR count). The summed E-state index contributed by atoms with van der Waals surface area (Å²) in [6.07, 6.45) is 1.55. The molecule has 0 unspecified atom stereocenters. The molecule has 3 aromatic heterocycles. The summed E-state index contributed by atoms with van der Waals surface area (Å²) in [5, 5.41) is 12.7. The zero-order chi connectivity index (χ0) is 19.6. The van der Waals surface area contributed by atoms with Gasteiger partial charge in [-0.25, -0.2) is 8.42 Å². The molecule has 0 saturated heterocycles. The van der Waals surface area contributed by atoms with Gasteiger partial charge in [-0.05, 0) is 12.1 Å². The Balaban J connectivity index is 1.86. The number of thioether (sulfide) groups is 1. The lowest BCUT2D eigenvalue weighted by molar-refractivity contribution is 0.382. The molecule has 0 aromatic carbocycles. The highest BCUT2D eigenvalue weighted by atomic mass is 32.2. The third-order valence-electron chi connectivity index (χ3n) is 4.01. The lowest BCUT2D eigenvalue weighted by atomic mass is 10.2. The minimum Gasteiger partial charge on any atom is -0.338 e. The molecule has 0 atom stereocenters. The highest BCUT2D eigenvalue weighted by molar-refractivity contribution is 7.98. The van der Waals surface area contributed by atoms with E-state index in [1.54, 1.807) is 22.7 Å². The molecule has 0 N–H and O–H groups in total. The van der Waals surface area contributed by atoms with Crippen LogP contribution in [-0.2, 0) is 15.8 Å². The van der Waals surface area contributed by atoms with Crippen molar-refractivity contribution >= 4 is 27.4 Å². The second kappa shape index (κ2) is 7.95. The van der Waals surface area contributed by atoms with E-state index in [-0.39, 0.29) is 10.8 Å². The first-order valence-corrected chi connectivity index (χ1v) is 11.1. The second-order valence-electron chi connectivity index (χ2n) is 6.15. The summed E-state index contributed by atoms with van der Waals surface area (Å²) in [7, 11) is -3.55. The van der Waals surface area contributed by atoms with Crippen molar-refractivity contribution in [1.29, 1.82) is 0 Å². The highest BCUT2D eigenvalue weighted by Crippen LogP contribution is 2.24. The molecule has 0 radical (unpaired) electrons. The Labute approximate surface area is 162 Å². The summed E-state index contributed by atoms with van der Waals surface area (Å²) >= 11 is 1.36. The number of nitrogens with zero attached hydrogens (tertiary/aromatic N) is 6. The Morgan fingerprint density at radius 1 is 1.22 bits per heavy atom. The predicted octanol–water partition coefficient (Wildman–Crippen LogP) is 2.56. The quantitative estimate of drug-likeness (QED) is 0.522. The maximum absolute atomic E-state index is 12.7. The van der Waals surface area contributed by atoms with Crippen LogP contribution in [0, 0.1) is 0 Å². The lowest BCUT2D eigenvalue weighted by Crippen LogP contribution is -2.30. The molecule has 0 bridgehead atoms. The number of aromatic nitrogens is 5. The van der Waals surface area contributed by atoms with Gasteiger partial charge >= 0.3 is 0 Å². The first-order valence-electron chi connectivity index (χ1n) is 8.67. The van der Waals surface area contributed by atoms with Gasteiger partial charge in [-0.3, -0.25) is 4.40 Å². The van der Waals surface area contributed by atoms with Crippen LogP contribution in [0.5, 0.6) is 0 Å². The third-order valence-corrected chi connectivity index (χ3v) is 6.97. The van der Waals surface area contributed by atoms with Crippen LogP contribution in [0.2, 0.25) is 0 Å². The summed E-state index contributed by atoms with van der Waals surface area (Å²) in [6, 6.07) is 3.20. The Kier molecular flexibility index (Phi) is 5.82. The normalized spacial score (nSPS) is 12.5. The van der Waals surface area contributed by atoms with Gasteiger partial charge in [0, 0.05) is 25.2 Å². The van der Waals surface area contributed by atoms with Gasteiger partial charge in [-0.1, -0.05) is 44.6 Å². The Morgan fingerprint density at radius 2 is 1.96 bits per heavy atom. The summed E-state index contributed by atoms with van der Waals surface area (Å²) in [5.41, 5.74) is 0.574. The average molecular weight is 411 g/mol. The fourth-order valence-corrected chi connectivity index (χ4v) is 4.71. The Hall–Kier alpha value is -1.98. The van der Waals surface area contributed by atoms with E-state index >= 15 is 0 Å². The molecule has 0 aliphatic carbocycles. The zero-order valence-corrected chi connectivity index (χ0v) is 17.3. The monoisotopic (exact) mass is 410 g/mol. The minimum atomic E-state index is -3.55. The molecule has 11 heteroatoms. The van der Waals surface area contributed by atoms with E-state index in [4.69, 9.17) is 4.52 Å². The molecule has 3 aromatic rings. The van der Waals surface area contributed by atoms with Gasteiger partial charge in [-0.2, -0.15) is 9.29 Å². The fourth-order valence-electron chi connectivity index (χ4n) is 2.50.